The molecular formula is C21H19N5OS2. The van der Waals surface area contributed by atoms with Crippen molar-refractivity contribution in [2.75, 3.05) is 5.32 Å². The van der Waals surface area contributed by atoms with E-state index in [1.54, 1.807) is 46.2 Å². The predicted molar refractivity (Wildman–Crippen MR) is 116 cm³/mol. The second kappa shape index (κ2) is 9.02. The third-order valence-corrected chi connectivity index (χ3v) is 6.36. The first-order chi connectivity index (χ1) is 14.2. The van der Waals surface area contributed by atoms with E-state index in [9.17, 15) is 4.79 Å². The second-order valence-corrected chi connectivity index (χ2v) is 8.53. The van der Waals surface area contributed by atoms with Crippen molar-refractivity contribution in [2.45, 2.75) is 23.6 Å². The highest BCUT2D eigenvalue weighted by Gasteiger charge is 2.09. The van der Waals surface area contributed by atoms with E-state index < -0.39 is 0 Å². The van der Waals surface area contributed by atoms with E-state index in [4.69, 9.17) is 0 Å². The molecule has 1 aromatic carbocycles. The van der Waals surface area contributed by atoms with Gasteiger partial charge in [0, 0.05) is 47.0 Å². The van der Waals surface area contributed by atoms with Gasteiger partial charge in [0.05, 0.1) is 6.54 Å². The minimum Gasteiger partial charge on any atom is -0.305 e. The Labute approximate surface area is 177 Å². The topological polar surface area (TPSA) is 72.7 Å². The van der Waals surface area contributed by atoms with Gasteiger partial charge >= 0.3 is 0 Å². The molecule has 1 amide bonds. The van der Waals surface area contributed by atoms with Gasteiger partial charge in [-0.2, -0.15) is 5.10 Å². The molecular weight excluding hydrogens is 402 g/mol. The van der Waals surface area contributed by atoms with Gasteiger partial charge in [-0.25, -0.2) is 4.98 Å². The summed E-state index contributed by atoms with van der Waals surface area (Å²) in [5.74, 6) is 1.19. The summed E-state index contributed by atoms with van der Waals surface area (Å²) in [5, 5.41) is 9.31. The first-order valence-corrected chi connectivity index (χ1v) is 10.9. The molecule has 0 saturated heterocycles. The van der Waals surface area contributed by atoms with Gasteiger partial charge in [0.2, 0.25) is 0 Å². The average molecular weight is 422 g/mol. The molecule has 1 N–H and O–H groups in total. The molecule has 0 spiro atoms. The zero-order chi connectivity index (χ0) is 20.1. The highest BCUT2D eigenvalue weighted by molar-refractivity contribution is 8.00. The molecule has 0 aliphatic heterocycles. The van der Waals surface area contributed by atoms with Crippen molar-refractivity contribution in [2.24, 2.45) is 0 Å². The Morgan fingerprint density at radius 2 is 1.90 bits per heavy atom. The summed E-state index contributed by atoms with van der Waals surface area (Å²) in [7, 11) is 0. The zero-order valence-electron chi connectivity index (χ0n) is 15.8. The Balaban J connectivity index is 1.32. The monoisotopic (exact) mass is 421 g/mol. The van der Waals surface area contributed by atoms with Crippen LogP contribution in [0.15, 0.2) is 70.8 Å². The summed E-state index contributed by atoms with van der Waals surface area (Å²) in [6.07, 6.45) is 5.35. The number of thiazole rings is 1. The minimum absolute atomic E-state index is 0.172. The number of carbonyl (C=O) groups is 1. The van der Waals surface area contributed by atoms with Crippen LogP contribution in [-0.2, 0) is 12.3 Å². The van der Waals surface area contributed by atoms with Crippen molar-refractivity contribution < 1.29 is 4.79 Å². The van der Waals surface area contributed by atoms with Crippen molar-refractivity contribution >= 4 is 34.8 Å². The number of carbonyl (C=O) groups excluding carboxylic acids is 1. The molecule has 8 heteroatoms. The predicted octanol–water partition coefficient (Wildman–Crippen LogP) is 4.64. The molecule has 146 valence electrons. The number of nitrogens with zero attached hydrogens (tertiary/aromatic N) is 4. The molecule has 3 aromatic heterocycles. The number of amides is 1. The lowest BCUT2D eigenvalue weighted by Gasteiger charge is -2.04. The first kappa shape index (κ1) is 19.4. The molecule has 0 aliphatic rings. The molecule has 0 unspecified atom stereocenters. The summed E-state index contributed by atoms with van der Waals surface area (Å²) in [5.41, 5.74) is 3.91. The van der Waals surface area contributed by atoms with Crippen molar-refractivity contribution in [3.63, 3.8) is 0 Å². The molecule has 0 atom stereocenters. The Kier molecular flexibility index (Phi) is 6.02. The molecule has 4 aromatic rings. The lowest BCUT2D eigenvalue weighted by molar-refractivity contribution is 0.102. The number of hydrogen-bond acceptors (Lipinski definition) is 6. The Morgan fingerprint density at radius 3 is 2.62 bits per heavy atom. The Morgan fingerprint density at radius 1 is 1.10 bits per heavy atom. The number of benzene rings is 1. The van der Waals surface area contributed by atoms with Gasteiger partial charge in [-0.3, -0.25) is 14.5 Å². The number of pyridine rings is 1. The highest BCUT2D eigenvalue weighted by Crippen LogP contribution is 2.26. The fourth-order valence-corrected chi connectivity index (χ4v) is 4.48. The number of aryl methyl sites for hydroxylation is 1. The molecule has 0 saturated carbocycles. The van der Waals surface area contributed by atoms with E-state index in [0.717, 1.165) is 26.9 Å². The molecule has 29 heavy (non-hydrogen) atoms. The maximum absolute atomic E-state index is 12.5. The van der Waals surface area contributed by atoms with Crippen LogP contribution in [0, 0.1) is 6.92 Å². The van der Waals surface area contributed by atoms with Crippen molar-refractivity contribution in [3.05, 3.63) is 88.8 Å². The maximum Gasteiger partial charge on any atom is 0.256 e. The molecule has 3 heterocycles. The molecule has 0 fully saturated rings. The van der Waals surface area contributed by atoms with Gasteiger partial charge in [-0.1, -0.05) is 23.9 Å². The highest BCUT2D eigenvalue weighted by atomic mass is 32.2. The number of aromatic nitrogens is 4. The van der Waals surface area contributed by atoms with Gasteiger partial charge in [-0.05, 0) is 42.3 Å². The van der Waals surface area contributed by atoms with Crippen LogP contribution in [0.1, 0.15) is 27.2 Å². The van der Waals surface area contributed by atoms with Crippen molar-refractivity contribution in [3.8, 4) is 0 Å². The Hall–Kier alpha value is -2.97. The lowest BCUT2D eigenvalue weighted by atomic mass is 10.1. The average Bonchev–Trinajstić information content (AvgIpc) is 3.36. The number of rotatable bonds is 7. The summed E-state index contributed by atoms with van der Waals surface area (Å²) in [4.78, 5) is 21.0. The molecule has 4 rings (SSSR count). The van der Waals surface area contributed by atoms with Gasteiger partial charge in [0.1, 0.15) is 4.34 Å². The van der Waals surface area contributed by atoms with E-state index in [-0.39, 0.29) is 5.91 Å². The van der Waals surface area contributed by atoms with Crippen LogP contribution < -0.4 is 5.32 Å². The van der Waals surface area contributed by atoms with E-state index >= 15 is 0 Å². The summed E-state index contributed by atoms with van der Waals surface area (Å²) >= 11 is 3.36. The first-order valence-electron chi connectivity index (χ1n) is 9.03. The Bertz CT molecular complexity index is 1090. The number of thioether (sulfide) groups is 1. The van der Waals surface area contributed by atoms with Crippen LogP contribution in [-0.4, -0.2) is 25.7 Å². The standard InChI is InChI=1S/C21H19N5OS2/c1-15-13-28-21(23-15)29-14-17-2-4-18(5-3-17)20(27)24-19-8-11-26(25-19)12-16-6-9-22-10-7-16/h2-11,13H,12,14H2,1H3,(H,24,25,27). The van der Waals surface area contributed by atoms with E-state index in [1.165, 1.54) is 0 Å². The number of hydrogen-bond donors (Lipinski definition) is 1. The molecule has 6 nitrogen and oxygen atoms in total. The van der Waals surface area contributed by atoms with E-state index in [1.807, 2.05) is 54.9 Å². The van der Waals surface area contributed by atoms with Crippen LogP contribution in [0.5, 0.6) is 0 Å². The zero-order valence-corrected chi connectivity index (χ0v) is 17.4. The maximum atomic E-state index is 12.5. The van der Waals surface area contributed by atoms with E-state index in [0.29, 0.717) is 17.9 Å². The van der Waals surface area contributed by atoms with E-state index in [2.05, 4.69) is 20.4 Å². The van der Waals surface area contributed by atoms with Crippen molar-refractivity contribution in [1.82, 2.24) is 19.7 Å². The molecule has 0 radical (unpaired) electrons. The third-order valence-electron chi connectivity index (χ3n) is 4.15. The largest absolute Gasteiger partial charge is 0.305 e. The summed E-state index contributed by atoms with van der Waals surface area (Å²) in [6.45, 7) is 2.62. The van der Waals surface area contributed by atoms with Gasteiger partial charge in [-0.15, -0.1) is 11.3 Å². The molecule has 0 bridgehead atoms. The second-order valence-electron chi connectivity index (χ2n) is 6.45. The van der Waals surface area contributed by atoms with Gasteiger partial charge in [0.25, 0.3) is 5.91 Å². The van der Waals surface area contributed by atoms with Crippen LogP contribution in [0.2, 0.25) is 0 Å². The fourth-order valence-electron chi connectivity index (χ4n) is 2.68. The third kappa shape index (κ3) is 5.30. The quantitative estimate of drug-likeness (QED) is 0.440. The van der Waals surface area contributed by atoms with Crippen LogP contribution in [0.4, 0.5) is 5.82 Å². The van der Waals surface area contributed by atoms with Gasteiger partial charge in [0.15, 0.2) is 5.82 Å². The fraction of sp³-hybridized carbons (Fsp3) is 0.143. The van der Waals surface area contributed by atoms with Crippen LogP contribution >= 0.6 is 23.1 Å². The SMILES string of the molecule is Cc1csc(SCc2ccc(C(=O)Nc3ccn(Cc4ccncc4)n3)cc2)n1. The number of nitrogens with one attached hydrogen (secondary N) is 1. The number of anilines is 1. The lowest BCUT2D eigenvalue weighted by Crippen LogP contribution is -2.13. The normalized spacial score (nSPS) is 10.8. The minimum atomic E-state index is -0.172. The summed E-state index contributed by atoms with van der Waals surface area (Å²) in [6, 6.07) is 13.3. The van der Waals surface area contributed by atoms with Gasteiger partial charge < -0.3 is 5.32 Å². The van der Waals surface area contributed by atoms with Crippen LogP contribution in [0.25, 0.3) is 0 Å². The smallest absolute Gasteiger partial charge is 0.256 e. The molecule has 0 aliphatic carbocycles. The van der Waals surface area contributed by atoms with Crippen molar-refractivity contribution in [1.29, 1.82) is 0 Å². The van der Waals surface area contributed by atoms with Crippen LogP contribution in [0.3, 0.4) is 0 Å². The summed E-state index contributed by atoms with van der Waals surface area (Å²) < 4.78 is 2.85.